The summed E-state index contributed by atoms with van der Waals surface area (Å²) in [6.45, 7) is 8.20. The molecule has 0 radical (unpaired) electrons. The van der Waals surface area contributed by atoms with Gasteiger partial charge in [-0.25, -0.2) is 0 Å². The van der Waals surface area contributed by atoms with Crippen molar-refractivity contribution in [3.05, 3.63) is 29.3 Å². The molecule has 0 fully saturated rings. The molecule has 2 nitrogen and oxygen atoms in total. The molecule has 0 amide bonds. The Kier molecular flexibility index (Phi) is 3.74. The second-order valence-electron chi connectivity index (χ2n) is 4.31. The number of anilines is 1. The number of aryl methyl sites for hydroxylation is 2. The molecular formula is C13H18N2. The van der Waals surface area contributed by atoms with Crippen LogP contribution in [0.25, 0.3) is 0 Å². The second-order valence-corrected chi connectivity index (χ2v) is 4.31. The number of benzene rings is 1. The molecule has 1 aromatic carbocycles. The third-order valence-electron chi connectivity index (χ3n) is 2.51. The van der Waals surface area contributed by atoms with Crippen LogP contribution >= 0.6 is 0 Å². The Balaban J connectivity index is 2.89. The van der Waals surface area contributed by atoms with Crippen LogP contribution in [0.3, 0.4) is 0 Å². The van der Waals surface area contributed by atoms with E-state index in [0.717, 1.165) is 5.69 Å². The van der Waals surface area contributed by atoms with Gasteiger partial charge in [0.25, 0.3) is 0 Å². The van der Waals surface area contributed by atoms with Gasteiger partial charge in [0.15, 0.2) is 0 Å². The highest BCUT2D eigenvalue weighted by Crippen LogP contribution is 2.19. The molecule has 1 atom stereocenters. The number of nitrogens with zero attached hydrogens (tertiary/aromatic N) is 1. The lowest BCUT2D eigenvalue weighted by atomic mass is 10.0. The average Bonchev–Trinajstić information content (AvgIpc) is 2.18. The van der Waals surface area contributed by atoms with Crippen LogP contribution in [0.15, 0.2) is 18.2 Å². The summed E-state index contributed by atoms with van der Waals surface area (Å²) < 4.78 is 0. The Morgan fingerprint density at radius 2 is 1.93 bits per heavy atom. The molecule has 0 aliphatic carbocycles. The number of rotatable bonds is 3. The van der Waals surface area contributed by atoms with Gasteiger partial charge in [0.1, 0.15) is 6.04 Å². The van der Waals surface area contributed by atoms with Crippen molar-refractivity contribution in [1.29, 1.82) is 5.26 Å². The van der Waals surface area contributed by atoms with E-state index in [2.05, 4.69) is 43.4 Å². The van der Waals surface area contributed by atoms with Gasteiger partial charge < -0.3 is 5.32 Å². The van der Waals surface area contributed by atoms with E-state index in [1.54, 1.807) is 0 Å². The summed E-state index contributed by atoms with van der Waals surface area (Å²) in [5, 5.41) is 12.3. The predicted octanol–water partition coefficient (Wildman–Crippen LogP) is 3.26. The molecule has 0 bridgehead atoms. The van der Waals surface area contributed by atoms with Gasteiger partial charge in [-0.05, 0) is 37.0 Å². The quantitative estimate of drug-likeness (QED) is 0.816. The fourth-order valence-corrected chi connectivity index (χ4v) is 1.41. The van der Waals surface area contributed by atoms with E-state index in [1.807, 2.05) is 13.8 Å². The van der Waals surface area contributed by atoms with Gasteiger partial charge in [-0.1, -0.05) is 26.0 Å². The lowest BCUT2D eigenvalue weighted by molar-refractivity contribution is 0.609. The first-order chi connectivity index (χ1) is 7.04. The van der Waals surface area contributed by atoms with Crippen LogP contribution in [-0.2, 0) is 0 Å². The highest BCUT2D eigenvalue weighted by atomic mass is 14.9. The van der Waals surface area contributed by atoms with Crippen molar-refractivity contribution in [1.82, 2.24) is 0 Å². The molecular weight excluding hydrogens is 184 g/mol. The fourth-order valence-electron chi connectivity index (χ4n) is 1.41. The average molecular weight is 202 g/mol. The van der Waals surface area contributed by atoms with Crippen LogP contribution in [0.4, 0.5) is 5.69 Å². The Bertz CT molecular complexity index is 375. The molecule has 0 spiro atoms. The summed E-state index contributed by atoms with van der Waals surface area (Å²) in [6.07, 6.45) is 0. The minimum atomic E-state index is -0.120. The first kappa shape index (κ1) is 11.6. The molecule has 0 aromatic heterocycles. The fraction of sp³-hybridized carbons (Fsp3) is 0.462. The molecule has 1 rings (SSSR count). The van der Waals surface area contributed by atoms with E-state index in [-0.39, 0.29) is 6.04 Å². The molecule has 1 unspecified atom stereocenters. The van der Waals surface area contributed by atoms with Crippen LogP contribution in [0.5, 0.6) is 0 Å². The molecule has 2 heteroatoms. The SMILES string of the molecule is Cc1ccc(C)c(NC(C#N)C(C)C)c1. The van der Waals surface area contributed by atoms with Crippen LogP contribution in [0, 0.1) is 31.1 Å². The topological polar surface area (TPSA) is 35.8 Å². The van der Waals surface area contributed by atoms with Crippen molar-refractivity contribution < 1.29 is 0 Å². The number of hydrogen-bond acceptors (Lipinski definition) is 2. The van der Waals surface area contributed by atoms with Gasteiger partial charge in [0.05, 0.1) is 6.07 Å². The summed E-state index contributed by atoms with van der Waals surface area (Å²) in [4.78, 5) is 0. The Morgan fingerprint density at radius 1 is 1.27 bits per heavy atom. The lowest BCUT2D eigenvalue weighted by Gasteiger charge is -2.18. The Morgan fingerprint density at radius 3 is 2.47 bits per heavy atom. The van der Waals surface area contributed by atoms with Crippen molar-refractivity contribution >= 4 is 5.69 Å². The zero-order chi connectivity index (χ0) is 11.4. The zero-order valence-corrected chi connectivity index (χ0v) is 9.83. The molecule has 0 saturated carbocycles. The predicted molar refractivity (Wildman–Crippen MR) is 63.8 cm³/mol. The summed E-state index contributed by atoms with van der Waals surface area (Å²) in [6, 6.07) is 8.41. The maximum atomic E-state index is 9.01. The molecule has 15 heavy (non-hydrogen) atoms. The Hall–Kier alpha value is -1.49. The second kappa shape index (κ2) is 4.84. The van der Waals surface area contributed by atoms with E-state index in [0.29, 0.717) is 5.92 Å². The number of hydrogen-bond donors (Lipinski definition) is 1. The lowest BCUT2D eigenvalue weighted by Crippen LogP contribution is -2.23. The normalized spacial score (nSPS) is 12.3. The van der Waals surface area contributed by atoms with Crippen LogP contribution in [-0.4, -0.2) is 6.04 Å². The van der Waals surface area contributed by atoms with Crippen molar-refractivity contribution in [3.63, 3.8) is 0 Å². The molecule has 0 heterocycles. The van der Waals surface area contributed by atoms with E-state index in [1.165, 1.54) is 11.1 Å². The first-order valence-corrected chi connectivity index (χ1v) is 5.28. The van der Waals surface area contributed by atoms with Gasteiger partial charge >= 0.3 is 0 Å². The van der Waals surface area contributed by atoms with Crippen LogP contribution in [0.1, 0.15) is 25.0 Å². The smallest absolute Gasteiger partial charge is 0.116 e. The van der Waals surface area contributed by atoms with E-state index in [9.17, 15) is 0 Å². The van der Waals surface area contributed by atoms with Crippen molar-refractivity contribution in [3.8, 4) is 6.07 Å². The minimum Gasteiger partial charge on any atom is -0.369 e. The standard InChI is InChI=1S/C13H18N2/c1-9(2)13(8-14)15-12-7-10(3)5-6-11(12)4/h5-7,9,13,15H,1-4H3. The van der Waals surface area contributed by atoms with Crippen molar-refractivity contribution in [2.24, 2.45) is 5.92 Å². The molecule has 1 N–H and O–H groups in total. The molecule has 1 aromatic rings. The maximum Gasteiger partial charge on any atom is 0.116 e. The summed E-state index contributed by atoms with van der Waals surface area (Å²) in [5.41, 5.74) is 3.46. The van der Waals surface area contributed by atoms with E-state index in [4.69, 9.17) is 5.26 Å². The summed E-state index contributed by atoms with van der Waals surface area (Å²) >= 11 is 0. The van der Waals surface area contributed by atoms with Gasteiger partial charge in [-0.15, -0.1) is 0 Å². The molecule has 0 saturated heterocycles. The van der Waals surface area contributed by atoms with Crippen LogP contribution in [0.2, 0.25) is 0 Å². The largest absolute Gasteiger partial charge is 0.369 e. The maximum absolute atomic E-state index is 9.01. The van der Waals surface area contributed by atoms with E-state index >= 15 is 0 Å². The number of nitriles is 1. The zero-order valence-electron chi connectivity index (χ0n) is 9.83. The third-order valence-corrected chi connectivity index (χ3v) is 2.51. The van der Waals surface area contributed by atoms with Gasteiger partial charge in [0, 0.05) is 5.69 Å². The summed E-state index contributed by atoms with van der Waals surface area (Å²) in [7, 11) is 0. The summed E-state index contributed by atoms with van der Waals surface area (Å²) in [5.74, 6) is 0.315. The highest BCUT2D eigenvalue weighted by Gasteiger charge is 2.12. The number of nitrogens with one attached hydrogen (secondary N) is 1. The molecule has 0 aliphatic rings. The van der Waals surface area contributed by atoms with Crippen molar-refractivity contribution in [2.45, 2.75) is 33.7 Å². The molecule has 0 aliphatic heterocycles. The van der Waals surface area contributed by atoms with Crippen molar-refractivity contribution in [2.75, 3.05) is 5.32 Å². The first-order valence-electron chi connectivity index (χ1n) is 5.28. The third kappa shape index (κ3) is 2.99. The van der Waals surface area contributed by atoms with Gasteiger partial charge in [-0.2, -0.15) is 5.26 Å². The highest BCUT2D eigenvalue weighted by molar-refractivity contribution is 5.54. The van der Waals surface area contributed by atoms with Gasteiger partial charge in [0.2, 0.25) is 0 Å². The van der Waals surface area contributed by atoms with Gasteiger partial charge in [-0.3, -0.25) is 0 Å². The van der Waals surface area contributed by atoms with E-state index < -0.39 is 0 Å². The monoisotopic (exact) mass is 202 g/mol. The van der Waals surface area contributed by atoms with Crippen LogP contribution < -0.4 is 5.32 Å². The minimum absolute atomic E-state index is 0.120. The molecule has 80 valence electrons. The Labute approximate surface area is 91.9 Å².